The van der Waals surface area contributed by atoms with Crippen LogP contribution in [0.25, 0.3) is 0 Å². The fraction of sp³-hybridized carbons (Fsp3) is 0.474. The van der Waals surface area contributed by atoms with E-state index in [1.54, 1.807) is 0 Å². The lowest BCUT2D eigenvalue weighted by Gasteiger charge is -2.24. The molecule has 0 aromatic heterocycles. The number of nitrogens with one attached hydrogen (secondary N) is 1. The largest absolute Gasteiger partial charge is 0.481 e. The van der Waals surface area contributed by atoms with Gasteiger partial charge in [0, 0.05) is 31.7 Å². The Labute approximate surface area is 153 Å². The predicted molar refractivity (Wildman–Crippen MR) is 96.6 cm³/mol. The van der Waals surface area contributed by atoms with E-state index in [0.29, 0.717) is 12.8 Å². The molecule has 1 aromatic carbocycles. The first-order valence-corrected chi connectivity index (χ1v) is 7.67. The molecule has 1 aromatic rings. The molecule has 0 spiro atoms. The first kappa shape index (κ1) is 23.3. The van der Waals surface area contributed by atoms with Gasteiger partial charge in [-0.2, -0.15) is 0 Å². The summed E-state index contributed by atoms with van der Waals surface area (Å²) < 4.78 is 5.01. The summed E-state index contributed by atoms with van der Waals surface area (Å²) in [7, 11) is 0. The maximum absolute atomic E-state index is 11.3. The number of carboxylic acid groups (broad SMARTS) is 1. The third-order valence-corrected chi connectivity index (χ3v) is 3.78. The lowest BCUT2D eigenvalue weighted by molar-refractivity contribution is -0.149. The highest BCUT2D eigenvalue weighted by Crippen LogP contribution is 2.22. The Hall–Kier alpha value is -2.70. The van der Waals surface area contributed by atoms with E-state index in [0.717, 1.165) is 5.56 Å². The minimum atomic E-state index is -0.843. The Bertz CT molecular complexity index is 612. The number of hydrogen-bond donors (Lipinski definition) is 2. The molecular weight excluding hydrogens is 338 g/mol. The molecule has 2 aliphatic rings. The van der Waals surface area contributed by atoms with Crippen LogP contribution in [-0.2, 0) is 25.7 Å². The zero-order valence-electron chi connectivity index (χ0n) is 13.1. The maximum Gasteiger partial charge on any atom is 0.407 e. The van der Waals surface area contributed by atoms with Crippen LogP contribution < -0.4 is 5.32 Å². The van der Waals surface area contributed by atoms with Crippen molar-refractivity contribution in [3.8, 4) is 0 Å². The maximum atomic E-state index is 11.3. The molecule has 0 atom stereocenters. The minimum Gasteiger partial charge on any atom is -0.481 e. The van der Waals surface area contributed by atoms with Gasteiger partial charge < -0.3 is 15.2 Å². The van der Waals surface area contributed by atoms with E-state index in [9.17, 15) is 19.2 Å². The van der Waals surface area contributed by atoms with Gasteiger partial charge in [-0.1, -0.05) is 45.2 Å². The SMILES string of the molecule is C.C.O=C1CC(C(=O)O)C1.O=C1CC(NC(=O)OCc2ccccc2)C1. The van der Waals surface area contributed by atoms with Crippen molar-refractivity contribution in [2.75, 3.05) is 0 Å². The molecule has 0 radical (unpaired) electrons. The highest BCUT2D eigenvalue weighted by molar-refractivity contribution is 5.93. The van der Waals surface area contributed by atoms with Crippen molar-refractivity contribution < 1.29 is 29.0 Å². The Balaban J connectivity index is 0.000000536. The number of carbonyl (C=O) groups is 4. The van der Waals surface area contributed by atoms with Gasteiger partial charge in [-0.15, -0.1) is 0 Å². The lowest BCUT2D eigenvalue weighted by Crippen LogP contribution is -2.44. The topological polar surface area (TPSA) is 110 Å². The Kier molecular flexibility index (Phi) is 9.88. The summed E-state index contributed by atoms with van der Waals surface area (Å²) in [6, 6.07) is 9.43. The number of ether oxygens (including phenoxy) is 1. The van der Waals surface area contributed by atoms with Crippen LogP contribution in [0.4, 0.5) is 4.79 Å². The summed E-state index contributed by atoms with van der Waals surface area (Å²) in [4.78, 5) is 42.1. The second-order valence-corrected chi connectivity index (χ2v) is 5.83. The van der Waals surface area contributed by atoms with Crippen LogP contribution in [0.3, 0.4) is 0 Å². The van der Waals surface area contributed by atoms with Crippen LogP contribution in [0, 0.1) is 5.92 Å². The molecule has 0 heterocycles. The number of carbonyl (C=O) groups excluding carboxylic acids is 3. The number of aliphatic carboxylic acids is 1. The predicted octanol–water partition coefficient (Wildman–Crippen LogP) is 2.97. The number of rotatable bonds is 4. The van der Waals surface area contributed by atoms with E-state index >= 15 is 0 Å². The van der Waals surface area contributed by atoms with Crippen molar-refractivity contribution in [1.29, 1.82) is 0 Å². The molecule has 2 aliphatic carbocycles. The molecular formula is C19H27NO6. The van der Waals surface area contributed by atoms with Crippen LogP contribution in [0.15, 0.2) is 30.3 Å². The first-order valence-electron chi connectivity index (χ1n) is 7.67. The highest BCUT2D eigenvalue weighted by Gasteiger charge is 2.32. The molecule has 7 nitrogen and oxygen atoms in total. The summed E-state index contributed by atoms with van der Waals surface area (Å²) in [6.07, 6.45) is 0.896. The Morgan fingerprint density at radius 3 is 1.96 bits per heavy atom. The van der Waals surface area contributed by atoms with Gasteiger partial charge in [-0.3, -0.25) is 14.4 Å². The van der Waals surface area contributed by atoms with Gasteiger partial charge in [0.1, 0.15) is 18.2 Å². The molecule has 7 heteroatoms. The van der Waals surface area contributed by atoms with E-state index in [1.807, 2.05) is 30.3 Å². The molecule has 0 saturated heterocycles. The van der Waals surface area contributed by atoms with Crippen LogP contribution in [-0.4, -0.2) is 34.8 Å². The molecule has 1 amide bonds. The molecule has 0 aliphatic heterocycles. The first-order chi connectivity index (χ1) is 11.4. The molecule has 2 saturated carbocycles. The van der Waals surface area contributed by atoms with Gasteiger partial charge in [-0.25, -0.2) is 4.79 Å². The zero-order chi connectivity index (χ0) is 17.5. The van der Waals surface area contributed by atoms with Crippen molar-refractivity contribution in [1.82, 2.24) is 5.32 Å². The molecule has 3 rings (SSSR count). The fourth-order valence-electron chi connectivity index (χ4n) is 2.19. The molecule has 0 bridgehead atoms. The second-order valence-electron chi connectivity index (χ2n) is 5.83. The van der Waals surface area contributed by atoms with E-state index in [1.165, 1.54) is 0 Å². The number of amides is 1. The summed E-state index contributed by atoms with van der Waals surface area (Å²) in [6.45, 7) is 0.257. The number of carboxylic acids is 1. The second kappa shape index (κ2) is 11.0. The van der Waals surface area contributed by atoms with E-state index < -0.39 is 12.1 Å². The smallest absolute Gasteiger partial charge is 0.407 e. The molecule has 0 unspecified atom stereocenters. The van der Waals surface area contributed by atoms with Crippen molar-refractivity contribution in [3.05, 3.63) is 35.9 Å². The van der Waals surface area contributed by atoms with E-state index in [-0.39, 0.29) is 57.8 Å². The Morgan fingerprint density at radius 1 is 1.00 bits per heavy atom. The van der Waals surface area contributed by atoms with Crippen LogP contribution in [0.2, 0.25) is 0 Å². The molecule has 2 N–H and O–H groups in total. The monoisotopic (exact) mass is 365 g/mol. The van der Waals surface area contributed by atoms with Gasteiger partial charge in [-0.05, 0) is 5.56 Å². The molecule has 144 valence electrons. The van der Waals surface area contributed by atoms with Gasteiger partial charge in [0.05, 0.1) is 5.92 Å². The van der Waals surface area contributed by atoms with Crippen molar-refractivity contribution in [3.63, 3.8) is 0 Å². The third kappa shape index (κ3) is 7.46. The van der Waals surface area contributed by atoms with Gasteiger partial charge in [0.25, 0.3) is 0 Å². The van der Waals surface area contributed by atoms with Crippen LogP contribution >= 0.6 is 0 Å². The molecule has 26 heavy (non-hydrogen) atoms. The highest BCUT2D eigenvalue weighted by atomic mass is 16.5. The number of ketones is 2. The van der Waals surface area contributed by atoms with Gasteiger partial charge in [0.2, 0.25) is 0 Å². The van der Waals surface area contributed by atoms with Crippen molar-refractivity contribution >= 4 is 23.6 Å². The van der Waals surface area contributed by atoms with E-state index in [2.05, 4.69) is 5.32 Å². The third-order valence-electron chi connectivity index (χ3n) is 3.78. The number of alkyl carbamates (subject to hydrolysis) is 1. The lowest BCUT2D eigenvalue weighted by atomic mass is 9.84. The summed E-state index contributed by atoms with van der Waals surface area (Å²) in [5.74, 6) is -0.960. The average Bonchev–Trinajstić information content (AvgIpc) is 2.50. The minimum absolute atomic E-state index is 0. The standard InChI is InChI=1S/C12H13NO3.C5H6O3.2CH4/c14-11-6-10(7-11)13-12(15)16-8-9-4-2-1-3-5-9;6-4-1-3(2-4)5(7)8;;/h1-5,10H,6-8H2,(H,13,15);3H,1-2H2,(H,7,8);2*1H4. The van der Waals surface area contributed by atoms with Gasteiger partial charge in [0.15, 0.2) is 0 Å². The van der Waals surface area contributed by atoms with Gasteiger partial charge >= 0.3 is 12.1 Å². The normalized spacial score (nSPS) is 15.7. The number of Topliss-reactive ketones (excluding diaryl/α,β-unsaturated/α-hetero) is 2. The summed E-state index contributed by atoms with van der Waals surface area (Å²) in [5, 5.41) is 10.8. The number of hydrogen-bond acceptors (Lipinski definition) is 5. The van der Waals surface area contributed by atoms with Crippen molar-refractivity contribution in [2.45, 2.75) is 53.2 Å². The number of benzene rings is 1. The average molecular weight is 365 g/mol. The van der Waals surface area contributed by atoms with Crippen molar-refractivity contribution in [2.24, 2.45) is 5.92 Å². The zero-order valence-corrected chi connectivity index (χ0v) is 13.1. The quantitative estimate of drug-likeness (QED) is 0.849. The Morgan fingerprint density at radius 2 is 1.54 bits per heavy atom. The van der Waals surface area contributed by atoms with E-state index in [4.69, 9.17) is 9.84 Å². The summed E-state index contributed by atoms with van der Waals surface area (Å²) >= 11 is 0. The van der Waals surface area contributed by atoms with Crippen LogP contribution in [0.1, 0.15) is 46.1 Å². The summed E-state index contributed by atoms with van der Waals surface area (Å²) in [5.41, 5.74) is 0.947. The molecule has 2 fully saturated rings. The fourth-order valence-corrected chi connectivity index (χ4v) is 2.19. The van der Waals surface area contributed by atoms with Crippen LogP contribution in [0.5, 0.6) is 0 Å².